The number of aromatic nitrogens is 2. The summed E-state index contributed by atoms with van der Waals surface area (Å²) in [4.78, 5) is 27.4. The number of rotatable bonds is 5. The van der Waals surface area contributed by atoms with Crippen molar-refractivity contribution in [3.05, 3.63) is 18.2 Å². The van der Waals surface area contributed by atoms with E-state index in [9.17, 15) is 9.59 Å². The predicted octanol–water partition coefficient (Wildman–Crippen LogP) is 0.456. The van der Waals surface area contributed by atoms with E-state index in [1.54, 1.807) is 30.8 Å². The molecule has 0 aromatic carbocycles. The molecule has 1 aromatic heterocycles. The second-order valence-electron chi connectivity index (χ2n) is 3.68. The van der Waals surface area contributed by atoms with Crippen LogP contribution in [0, 0.1) is 0 Å². The van der Waals surface area contributed by atoms with Crippen molar-refractivity contribution >= 4 is 11.9 Å². The zero-order valence-electron chi connectivity index (χ0n) is 9.80. The van der Waals surface area contributed by atoms with Crippen LogP contribution in [0.1, 0.15) is 26.1 Å². The molecule has 17 heavy (non-hydrogen) atoms. The van der Waals surface area contributed by atoms with Gasteiger partial charge >= 0.3 is 11.9 Å². The maximum atomic E-state index is 11.9. The van der Waals surface area contributed by atoms with Gasteiger partial charge in [0.2, 0.25) is 5.54 Å². The molecular weight excluding hydrogens is 224 g/mol. The molecule has 1 aliphatic rings. The number of hydrogen-bond donors (Lipinski definition) is 0. The van der Waals surface area contributed by atoms with Crippen LogP contribution in [0.15, 0.2) is 12.4 Å². The van der Waals surface area contributed by atoms with E-state index in [0.29, 0.717) is 12.4 Å². The van der Waals surface area contributed by atoms with Crippen molar-refractivity contribution in [2.45, 2.75) is 25.8 Å². The number of ether oxygens (including phenoxy) is 2. The highest BCUT2D eigenvalue weighted by molar-refractivity contribution is 5.91. The third-order valence-corrected chi connectivity index (χ3v) is 2.69. The fourth-order valence-electron chi connectivity index (χ4n) is 1.92. The first-order chi connectivity index (χ1) is 8.16. The molecule has 1 unspecified atom stereocenters. The van der Waals surface area contributed by atoms with E-state index in [0.717, 1.165) is 0 Å². The van der Waals surface area contributed by atoms with Crippen LogP contribution in [0.5, 0.6) is 0 Å². The molecule has 2 rings (SSSR count). The van der Waals surface area contributed by atoms with Crippen molar-refractivity contribution < 1.29 is 19.1 Å². The second kappa shape index (κ2) is 4.20. The fourth-order valence-corrected chi connectivity index (χ4v) is 1.92. The largest absolute Gasteiger partial charge is 0.466 e. The van der Waals surface area contributed by atoms with Crippen LogP contribution >= 0.6 is 0 Å². The maximum absolute atomic E-state index is 11.9. The number of carbonyl (C=O) groups is 2. The quantitative estimate of drug-likeness (QED) is 0.697. The lowest BCUT2D eigenvalue weighted by Gasteiger charge is -2.13. The van der Waals surface area contributed by atoms with Crippen molar-refractivity contribution in [3.8, 4) is 0 Å². The highest BCUT2D eigenvalue weighted by Gasteiger charge is 2.61. The number of fused-ring (bicyclic) bond motifs is 1. The minimum atomic E-state index is -1.04. The van der Waals surface area contributed by atoms with Gasteiger partial charge in [-0.05, 0) is 13.8 Å². The van der Waals surface area contributed by atoms with Gasteiger partial charge in [0.1, 0.15) is 5.82 Å². The summed E-state index contributed by atoms with van der Waals surface area (Å²) in [6, 6.07) is 0. The Labute approximate surface area is 98.5 Å². The highest BCUT2D eigenvalue weighted by atomic mass is 16.5. The molecule has 6 nitrogen and oxygen atoms in total. The van der Waals surface area contributed by atoms with Crippen LogP contribution in [-0.2, 0) is 24.6 Å². The number of esters is 2. The lowest BCUT2D eigenvalue weighted by Crippen LogP contribution is -2.31. The van der Waals surface area contributed by atoms with Crippen molar-refractivity contribution in [2.24, 2.45) is 0 Å². The SMILES string of the molecule is CCOC(=O)CC1(C(=O)OCC)c2nccn21. The Morgan fingerprint density at radius 1 is 1.35 bits per heavy atom. The van der Waals surface area contributed by atoms with Crippen molar-refractivity contribution in [1.82, 2.24) is 9.55 Å². The Bertz CT molecular complexity index is 434. The molecule has 6 heteroatoms. The van der Waals surface area contributed by atoms with Gasteiger partial charge in [-0.25, -0.2) is 9.78 Å². The molecule has 0 amide bonds. The molecule has 0 fully saturated rings. The van der Waals surface area contributed by atoms with Crippen molar-refractivity contribution in [3.63, 3.8) is 0 Å². The average Bonchev–Trinajstić information content (AvgIpc) is 2.69. The standard InChI is InChI=1S/C11H14N2O4/c1-3-16-8(14)7-11(10(15)17-4-2)9-12-5-6-13(9)11/h5-6H,3-4,7H2,1-2H3. The molecule has 2 heterocycles. The van der Waals surface area contributed by atoms with Gasteiger partial charge in [-0.2, -0.15) is 0 Å². The Morgan fingerprint density at radius 2 is 2.06 bits per heavy atom. The molecule has 0 saturated carbocycles. The van der Waals surface area contributed by atoms with Crippen LogP contribution < -0.4 is 0 Å². The monoisotopic (exact) mass is 238 g/mol. The van der Waals surface area contributed by atoms with Gasteiger partial charge in [-0.3, -0.25) is 4.79 Å². The summed E-state index contributed by atoms with van der Waals surface area (Å²) in [5.74, 6) is -0.314. The number of nitrogens with zero attached hydrogens (tertiary/aromatic N) is 2. The summed E-state index contributed by atoms with van der Waals surface area (Å²) < 4.78 is 11.5. The molecule has 0 saturated heterocycles. The number of hydrogen-bond acceptors (Lipinski definition) is 5. The first kappa shape index (κ1) is 11.6. The molecule has 1 aliphatic heterocycles. The molecular formula is C11H14N2O4. The van der Waals surface area contributed by atoms with Gasteiger partial charge in [0.05, 0.1) is 19.6 Å². The molecule has 0 aliphatic carbocycles. The molecule has 0 radical (unpaired) electrons. The zero-order valence-corrected chi connectivity index (χ0v) is 9.80. The predicted molar refractivity (Wildman–Crippen MR) is 57.2 cm³/mol. The molecule has 1 aromatic rings. The van der Waals surface area contributed by atoms with E-state index < -0.39 is 17.5 Å². The smallest absolute Gasteiger partial charge is 0.341 e. The van der Waals surface area contributed by atoms with Crippen LogP contribution in [0.4, 0.5) is 0 Å². The number of carbonyl (C=O) groups excluding carboxylic acids is 2. The minimum absolute atomic E-state index is 0.0527. The van der Waals surface area contributed by atoms with Crippen LogP contribution in [0.2, 0.25) is 0 Å². The maximum Gasteiger partial charge on any atom is 0.341 e. The lowest BCUT2D eigenvalue weighted by atomic mass is 10.0. The molecule has 0 spiro atoms. The van der Waals surface area contributed by atoms with Gasteiger partial charge in [-0.1, -0.05) is 0 Å². The topological polar surface area (TPSA) is 70.4 Å². The molecule has 0 N–H and O–H groups in total. The second-order valence-corrected chi connectivity index (χ2v) is 3.68. The van der Waals surface area contributed by atoms with Gasteiger partial charge in [-0.15, -0.1) is 0 Å². The first-order valence-corrected chi connectivity index (χ1v) is 5.54. The van der Waals surface area contributed by atoms with Gasteiger partial charge < -0.3 is 14.0 Å². The van der Waals surface area contributed by atoms with Crippen LogP contribution in [0.25, 0.3) is 0 Å². The van der Waals surface area contributed by atoms with E-state index in [1.165, 1.54) is 0 Å². The molecule has 92 valence electrons. The normalized spacial score (nSPS) is 20.6. The summed E-state index contributed by atoms with van der Waals surface area (Å²) in [6.45, 7) is 4.01. The van der Waals surface area contributed by atoms with Crippen molar-refractivity contribution in [2.75, 3.05) is 13.2 Å². The van der Waals surface area contributed by atoms with E-state index in [4.69, 9.17) is 9.47 Å². The lowest BCUT2D eigenvalue weighted by molar-refractivity contribution is -0.155. The molecule has 0 bridgehead atoms. The summed E-state index contributed by atoms with van der Waals surface area (Å²) in [5.41, 5.74) is -1.04. The van der Waals surface area contributed by atoms with Gasteiger partial charge in [0.15, 0.2) is 0 Å². The van der Waals surface area contributed by atoms with Crippen LogP contribution in [0.3, 0.4) is 0 Å². The van der Waals surface area contributed by atoms with Crippen LogP contribution in [-0.4, -0.2) is 34.7 Å². The Balaban J connectivity index is 2.14. The van der Waals surface area contributed by atoms with E-state index in [-0.39, 0.29) is 13.0 Å². The zero-order chi connectivity index (χ0) is 12.5. The minimum Gasteiger partial charge on any atom is -0.466 e. The summed E-state index contributed by atoms with van der Waals surface area (Å²) in [5, 5.41) is 0. The third kappa shape index (κ3) is 1.69. The van der Waals surface area contributed by atoms with Gasteiger partial charge in [0.25, 0.3) is 0 Å². The summed E-state index contributed by atoms with van der Waals surface area (Å²) in [7, 11) is 0. The average molecular weight is 238 g/mol. The van der Waals surface area contributed by atoms with E-state index >= 15 is 0 Å². The van der Waals surface area contributed by atoms with Crippen molar-refractivity contribution in [1.29, 1.82) is 0 Å². The summed E-state index contributed by atoms with van der Waals surface area (Å²) in [6.07, 6.45) is 3.19. The molecule has 1 atom stereocenters. The fraction of sp³-hybridized carbons (Fsp3) is 0.545. The Kier molecular flexibility index (Phi) is 2.87. The summed E-state index contributed by atoms with van der Waals surface area (Å²) >= 11 is 0. The Hall–Kier alpha value is -1.85. The highest BCUT2D eigenvalue weighted by Crippen LogP contribution is 2.44. The van der Waals surface area contributed by atoms with E-state index in [2.05, 4.69) is 4.98 Å². The van der Waals surface area contributed by atoms with Gasteiger partial charge in [0, 0.05) is 12.4 Å². The third-order valence-electron chi connectivity index (χ3n) is 2.69. The first-order valence-electron chi connectivity index (χ1n) is 5.54. The Morgan fingerprint density at radius 3 is 2.59 bits per heavy atom. The number of imidazole rings is 1. The van der Waals surface area contributed by atoms with E-state index in [1.807, 2.05) is 0 Å².